The summed E-state index contributed by atoms with van der Waals surface area (Å²) < 4.78 is 5.25. The minimum Gasteiger partial charge on any atom is -0.452 e. The number of benzene rings is 1. The van der Waals surface area contributed by atoms with Crippen LogP contribution in [0.15, 0.2) is 24.3 Å². The monoisotopic (exact) mass is 276 g/mol. The lowest BCUT2D eigenvalue weighted by Crippen LogP contribution is -2.36. The Morgan fingerprint density at radius 3 is 2.80 bits per heavy atom. The summed E-state index contributed by atoms with van der Waals surface area (Å²) in [6, 6.07) is 7.39. The SMILES string of the molecule is Nc1ccc(CCC(=O)OC2CCCCNC2=O)cc1. The van der Waals surface area contributed by atoms with E-state index in [0.717, 1.165) is 18.4 Å². The van der Waals surface area contributed by atoms with E-state index in [9.17, 15) is 9.59 Å². The number of carbonyl (C=O) groups excluding carboxylic acids is 2. The largest absolute Gasteiger partial charge is 0.452 e. The molecule has 5 heteroatoms. The van der Waals surface area contributed by atoms with Gasteiger partial charge in [0, 0.05) is 18.7 Å². The third kappa shape index (κ3) is 4.26. The van der Waals surface area contributed by atoms with Gasteiger partial charge in [-0.2, -0.15) is 0 Å². The number of esters is 1. The third-order valence-corrected chi connectivity index (χ3v) is 3.36. The van der Waals surface area contributed by atoms with Crippen molar-refractivity contribution in [2.45, 2.75) is 38.2 Å². The van der Waals surface area contributed by atoms with Crippen LogP contribution in [-0.4, -0.2) is 24.5 Å². The predicted octanol–water partition coefficient (Wildman–Crippen LogP) is 1.41. The van der Waals surface area contributed by atoms with E-state index >= 15 is 0 Å². The fraction of sp³-hybridized carbons (Fsp3) is 0.467. The maximum absolute atomic E-state index is 11.8. The maximum atomic E-state index is 11.8. The van der Waals surface area contributed by atoms with Crippen LogP contribution in [0.2, 0.25) is 0 Å². The molecule has 0 aliphatic carbocycles. The first-order valence-electron chi connectivity index (χ1n) is 6.97. The van der Waals surface area contributed by atoms with Crippen molar-refractivity contribution in [1.29, 1.82) is 0 Å². The Bertz CT molecular complexity index is 471. The fourth-order valence-corrected chi connectivity index (χ4v) is 2.17. The van der Waals surface area contributed by atoms with E-state index in [-0.39, 0.29) is 18.3 Å². The highest BCUT2D eigenvalue weighted by molar-refractivity contribution is 5.83. The summed E-state index contributed by atoms with van der Waals surface area (Å²) in [5.41, 5.74) is 7.33. The standard InChI is InChI=1S/C15H20N2O3/c16-12-7-4-11(5-8-12)6-9-14(18)20-13-3-1-2-10-17-15(13)19/h4-5,7-8,13H,1-3,6,9-10,16H2,(H,17,19). The van der Waals surface area contributed by atoms with Gasteiger partial charge in [0.15, 0.2) is 6.10 Å². The Labute approximate surface area is 118 Å². The van der Waals surface area contributed by atoms with Crippen LogP contribution < -0.4 is 11.1 Å². The highest BCUT2D eigenvalue weighted by Gasteiger charge is 2.24. The molecule has 1 aromatic rings. The average molecular weight is 276 g/mol. The smallest absolute Gasteiger partial charge is 0.306 e. The first kappa shape index (κ1) is 14.4. The Balaban J connectivity index is 1.79. The molecule has 1 aromatic carbocycles. The first-order valence-corrected chi connectivity index (χ1v) is 6.97. The second-order valence-corrected chi connectivity index (χ2v) is 5.01. The summed E-state index contributed by atoms with van der Waals surface area (Å²) in [5.74, 6) is -0.507. The summed E-state index contributed by atoms with van der Waals surface area (Å²) >= 11 is 0. The molecule has 1 aliphatic rings. The van der Waals surface area contributed by atoms with E-state index in [1.807, 2.05) is 12.1 Å². The Morgan fingerprint density at radius 1 is 1.30 bits per heavy atom. The zero-order valence-electron chi connectivity index (χ0n) is 11.4. The molecule has 0 aromatic heterocycles. The van der Waals surface area contributed by atoms with Crippen molar-refractivity contribution in [3.63, 3.8) is 0 Å². The van der Waals surface area contributed by atoms with Gasteiger partial charge in [-0.15, -0.1) is 0 Å². The summed E-state index contributed by atoms with van der Waals surface area (Å²) in [6.45, 7) is 0.665. The summed E-state index contributed by atoms with van der Waals surface area (Å²) in [6.07, 6.45) is 2.68. The zero-order valence-corrected chi connectivity index (χ0v) is 11.4. The van der Waals surface area contributed by atoms with Crippen molar-refractivity contribution in [3.8, 4) is 0 Å². The molecule has 1 saturated heterocycles. The number of nitrogens with one attached hydrogen (secondary N) is 1. The molecule has 1 heterocycles. The number of carbonyl (C=O) groups is 2. The Kier molecular flexibility index (Phi) is 4.98. The number of hydrogen-bond acceptors (Lipinski definition) is 4. The van der Waals surface area contributed by atoms with Crippen LogP contribution in [0.5, 0.6) is 0 Å². The highest BCUT2D eigenvalue weighted by atomic mass is 16.5. The lowest BCUT2D eigenvalue weighted by atomic mass is 10.1. The van der Waals surface area contributed by atoms with Gasteiger partial charge in [-0.3, -0.25) is 9.59 Å². The summed E-state index contributed by atoms with van der Waals surface area (Å²) in [7, 11) is 0. The van der Waals surface area contributed by atoms with Gasteiger partial charge in [0.25, 0.3) is 5.91 Å². The second kappa shape index (κ2) is 6.93. The molecule has 5 nitrogen and oxygen atoms in total. The molecule has 108 valence electrons. The van der Waals surface area contributed by atoms with Gasteiger partial charge in [0.05, 0.1) is 0 Å². The van der Waals surface area contributed by atoms with Crippen molar-refractivity contribution in [2.24, 2.45) is 0 Å². The molecule has 2 rings (SSSR count). The van der Waals surface area contributed by atoms with Crippen molar-refractivity contribution < 1.29 is 14.3 Å². The van der Waals surface area contributed by atoms with E-state index in [4.69, 9.17) is 10.5 Å². The number of nitrogen functional groups attached to an aromatic ring is 1. The molecule has 3 N–H and O–H groups in total. The molecule has 1 atom stereocenters. The second-order valence-electron chi connectivity index (χ2n) is 5.01. The van der Waals surface area contributed by atoms with E-state index < -0.39 is 6.10 Å². The van der Waals surface area contributed by atoms with Crippen LogP contribution in [-0.2, 0) is 20.7 Å². The van der Waals surface area contributed by atoms with E-state index in [1.165, 1.54) is 0 Å². The molecule has 1 unspecified atom stereocenters. The van der Waals surface area contributed by atoms with Gasteiger partial charge in [-0.1, -0.05) is 12.1 Å². The Hall–Kier alpha value is -2.04. The van der Waals surface area contributed by atoms with Crippen molar-refractivity contribution >= 4 is 17.6 Å². The number of anilines is 1. The van der Waals surface area contributed by atoms with Crippen LogP contribution in [0.3, 0.4) is 0 Å². The number of amides is 1. The number of ether oxygens (including phenoxy) is 1. The molecule has 0 saturated carbocycles. The topological polar surface area (TPSA) is 81.4 Å². The van der Waals surface area contributed by atoms with Crippen LogP contribution in [0.1, 0.15) is 31.2 Å². The van der Waals surface area contributed by atoms with Gasteiger partial charge in [0.2, 0.25) is 0 Å². The minimum absolute atomic E-state index is 0.177. The molecular weight excluding hydrogens is 256 g/mol. The van der Waals surface area contributed by atoms with Crippen molar-refractivity contribution in [2.75, 3.05) is 12.3 Å². The molecule has 20 heavy (non-hydrogen) atoms. The van der Waals surface area contributed by atoms with Gasteiger partial charge < -0.3 is 15.8 Å². The quantitative estimate of drug-likeness (QED) is 0.643. The van der Waals surface area contributed by atoms with Crippen molar-refractivity contribution in [3.05, 3.63) is 29.8 Å². The lowest BCUT2D eigenvalue weighted by molar-refractivity contribution is -0.155. The molecule has 0 spiro atoms. The minimum atomic E-state index is -0.628. The fourth-order valence-electron chi connectivity index (χ4n) is 2.17. The molecule has 1 fully saturated rings. The van der Waals surface area contributed by atoms with E-state index in [2.05, 4.69) is 5.32 Å². The summed E-state index contributed by atoms with van der Waals surface area (Å²) in [5, 5.41) is 2.75. The highest BCUT2D eigenvalue weighted by Crippen LogP contribution is 2.12. The average Bonchev–Trinajstić information content (AvgIpc) is 2.64. The molecule has 0 bridgehead atoms. The number of aryl methyl sites for hydroxylation is 1. The number of nitrogens with two attached hydrogens (primary N) is 1. The molecule has 1 amide bonds. The lowest BCUT2D eigenvalue weighted by Gasteiger charge is -2.14. The molecule has 0 radical (unpaired) electrons. The van der Waals surface area contributed by atoms with Crippen LogP contribution in [0.25, 0.3) is 0 Å². The Morgan fingerprint density at radius 2 is 2.05 bits per heavy atom. The normalized spacial score (nSPS) is 19.0. The molecular formula is C15H20N2O3. The van der Waals surface area contributed by atoms with Crippen LogP contribution >= 0.6 is 0 Å². The van der Waals surface area contributed by atoms with Gasteiger partial charge in [-0.05, 0) is 43.4 Å². The van der Waals surface area contributed by atoms with Gasteiger partial charge >= 0.3 is 5.97 Å². The summed E-state index contributed by atoms with van der Waals surface area (Å²) in [4.78, 5) is 23.4. The van der Waals surface area contributed by atoms with Crippen LogP contribution in [0.4, 0.5) is 5.69 Å². The first-order chi connectivity index (χ1) is 9.65. The van der Waals surface area contributed by atoms with Crippen molar-refractivity contribution in [1.82, 2.24) is 5.32 Å². The predicted molar refractivity (Wildman–Crippen MR) is 75.9 cm³/mol. The third-order valence-electron chi connectivity index (χ3n) is 3.36. The number of rotatable bonds is 4. The molecule has 1 aliphatic heterocycles. The van der Waals surface area contributed by atoms with Gasteiger partial charge in [0.1, 0.15) is 0 Å². The van der Waals surface area contributed by atoms with E-state index in [0.29, 0.717) is 25.1 Å². The maximum Gasteiger partial charge on any atom is 0.306 e. The number of hydrogen-bond donors (Lipinski definition) is 2. The zero-order chi connectivity index (χ0) is 14.4. The van der Waals surface area contributed by atoms with Crippen LogP contribution in [0, 0.1) is 0 Å². The van der Waals surface area contributed by atoms with Gasteiger partial charge in [-0.25, -0.2) is 0 Å². The van der Waals surface area contributed by atoms with E-state index in [1.54, 1.807) is 12.1 Å².